The lowest BCUT2D eigenvalue weighted by molar-refractivity contribution is 0.675. The quantitative estimate of drug-likeness (QED) is 0.197. The van der Waals surface area contributed by atoms with Crippen molar-refractivity contribution >= 4 is 76.3 Å². The molecule has 0 aliphatic carbocycles. The van der Waals surface area contributed by atoms with Gasteiger partial charge in [-0.2, -0.15) is 0 Å². The van der Waals surface area contributed by atoms with Gasteiger partial charge in [0.15, 0.2) is 11.2 Å². The molecule has 0 atom stereocenters. The van der Waals surface area contributed by atoms with Crippen LogP contribution in [0.2, 0.25) is 0 Å². The second kappa shape index (κ2) is 8.37. The Bertz CT molecular complexity index is 2710. The van der Waals surface area contributed by atoms with Gasteiger partial charge >= 0.3 is 0 Å². The molecule has 0 aliphatic rings. The molecule has 3 nitrogen and oxygen atoms in total. The molecule has 3 heteroatoms. The van der Waals surface area contributed by atoms with Gasteiger partial charge in [0, 0.05) is 38.3 Å². The Balaban J connectivity index is 1.50. The van der Waals surface area contributed by atoms with Crippen LogP contribution in [0.25, 0.3) is 87.7 Å². The first-order valence-corrected chi connectivity index (χ1v) is 14.7. The second-order valence-electron chi connectivity index (χ2n) is 11.3. The fourth-order valence-electron chi connectivity index (χ4n) is 7.36. The normalized spacial score (nSPS) is 12.2. The third-order valence-corrected chi connectivity index (χ3v) is 9.07. The van der Waals surface area contributed by atoms with Crippen molar-refractivity contribution in [1.29, 1.82) is 0 Å². The molecule has 0 unspecified atom stereocenters. The summed E-state index contributed by atoms with van der Waals surface area (Å²) in [6, 6.07) is 52.0. The number of hydrogen-bond acceptors (Lipinski definition) is 1. The molecule has 200 valence electrons. The first-order valence-electron chi connectivity index (χ1n) is 14.7. The van der Waals surface area contributed by atoms with E-state index in [1.807, 2.05) is 0 Å². The molecule has 0 saturated heterocycles. The van der Waals surface area contributed by atoms with Crippen LogP contribution in [0.15, 0.2) is 150 Å². The van der Waals surface area contributed by atoms with E-state index in [-0.39, 0.29) is 0 Å². The van der Waals surface area contributed by atoms with Gasteiger partial charge in [-0.3, -0.25) is 0 Å². The lowest BCUT2D eigenvalue weighted by Gasteiger charge is -2.12. The zero-order valence-electron chi connectivity index (χ0n) is 23.2. The number of rotatable bonds is 2. The van der Waals surface area contributed by atoms with Crippen LogP contribution in [0.3, 0.4) is 0 Å². The van der Waals surface area contributed by atoms with E-state index in [1.54, 1.807) is 0 Å². The van der Waals surface area contributed by atoms with E-state index in [0.29, 0.717) is 0 Å². The summed E-state index contributed by atoms with van der Waals surface area (Å²) in [5, 5.41) is 9.69. The number of nitrogens with zero attached hydrogens (tertiary/aromatic N) is 2. The van der Waals surface area contributed by atoms with Crippen LogP contribution in [-0.2, 0) is 0 Å². The average molecular weight is 549 g/mol. The minimum absolute atomic E-state index is 0.908. The Morgan fingerprint density at radius 3 is 1.53 bits per heavy atom. The summed E-state index contributed by atoms with van der Waals surface area (Å²) >= 11 is 0. The minimum Gasteiger partial charge on any atom is -0.451 e. The molecule has 0 N–H and O–H groups in total. The third kappa shape index (κ3) is 2.93. The SMILES string of the molecule is c1ccc(-n2c3ccccc3c3oc4c(ccc5c6c7ccccc7c7ccccc7c6n(-c6ccccc6)c54)c32)cc1. The van der Waals surface area contributed by atoms with Gasteiger partial charge in [0.1, 0.15) is 5.52 Å². The van der Waals surface area contributed by atoms with Crippen molar-refractivity contribution in [2.45, 2.75) is 0 Å². The van der Waals surface area contributed by atoms with Gasteiger partial charge in [-0.25, -0.2) is 0 Å². The zero-order chi connectivity index (χ0) is 28.1. The smallest absolute Gasteiger partial charge is 0.161 e. The molecule has 0 bridgehead atoms. The predicted molar refractivity (Wildman–Crippen MR) is 180 cm³/mol. The highest BCUT2D eigenvalue weighted by molar-refractivity contribution is 6.35. The molecule has 10 aromatic rings. The Morgan fingerprint density at radius 2 is 0.814 bits per heavy atom. The monoisotopic (exact) mass is 548 g/mol. The molecule has 0 fully saturated rings. The molecule has 3 aromatic heterocycles. The topological polar surface area (TPSA) is 23.0 Å². The summed E-state index contributed by atoms with van der Waals surface area (Å²) in [7, 11) is 0. The number of hydrogen-bond donors (Lipinski definition) is 0. The van der Waals surface area contributed by atoms with Crippen molar-refractivity contribution in [3.8, 4) is 11.4 Å². The molecule has 0 radical (unpaired) electrons. The Kier molecular flexibility index (Phi) is 4.45. The lowest BCUT2D eigenvalue weighted by atomic mass is 9.96. The van der Waals surface area contributed by atoms with Crippen molar-refractivity contribution in [2.24, 2.45) is 0 Å². The highest BCUT2D eigenvalue weighted by Crippen LogP contribution is 2.47. The largest absolute Gasteiger partial charge is 0.451 e. The molecule has 3 heterocycles. The van der Waals surface area contributed by atoms with E-state index in [9.17, 15) is 0 Å². The molecule has 43 heavy (non-hydrogen) atoms. The summed E-state index contributed by atoms with van der Waals surface area (Å²) in [4.78, 5) is 0. The van der Waals surface area contributed by atoms with Crippen molar-refractivity contribution in [3.05, 3.63) is 146 Å². The van der Waals surface area contributed by atoms with Gasteiger partial charge in [0.2, 0.25) is 0 Å². The number of benzene rings is 7. The predicted octanol–water partition coefficient (Wildman–Crippen LogP) is 10.9. The van der Waals surface area contributed by atoms with Crippen molar-refractivity contribution in [1.82, 2.24) is 9.13 Å². The fourth-order valence-corrected chi connectivity index (χ4v) is 7.36. The van der Waals surface area contributed by atoms with Crippen molar-refractivity contribution in [2.75, 3.05) is 0 Å². The van der Waals surface area contributed by atoms with E-state index in [0.717, 1.165) is 49.9 Å². The Labute approximate surface area is 246 Å². The van der Waals surface area contributed by atoms with E-state index >= 15 is 0 Å². The summed E-state index contributed by atoms with van der Waals surface area (Å²) in [6.45, 7) is 0. The molecule has 10 rings (SSSR count). The minimum atomic E-state index is 0.908. The first-order chi connectivity index (χ1) is 21.4. The van der Waals surface area contributed by atoms with E-state index in [4.69, 9.17) is 4.42 Å². The molecular formula is C40H24N2O. The molecule has 0 saturated carbocycles. The molecule has 7 aromatic carbocycles. The van der Waals surface area contributed by atoms with Crippen LogP contribution in [0.5, 0.6) is 0 Å². The summed E-state index contributed by atoms with van der Waals surface area (Å²) in [5.74, 6) is 0. The van der Waals surface area contributed by atoms with Crippen LogP contribution in [0, 0.1) is 0 Å². The van der Waals surface area contributed by atoms with Crippen molar-refractivity contribution < 1.29 is 4.42 Å². The number of para-hydroxylation sites is 3. The highest BCUT2D eigenvalue weighted by Gasteiger charge is 2.25. The summed E-state index contributed by atoms with van der Waals surface area (Å²) in [5.41, 5.74) is 8.62. The maximum absolute atomic E-state index is 7.06. The summed E-state index contributed by atoms with van der Waals surface area (Å²) < 4.78 is 11.8. The Hall–Kier alpha value is -5.80. The van der Waals surface area contributed by atoms with Gasteiger partial charge in [-0.1, -0.05) is 103 Å². The maximum atomic E-state index is 7.06. The molecule has 0 amide bonds. The number of fused-ring (bicyclic) bond motifs is 14. The van der Waals surface area contributed by atoms with Crippen molar-refractivity contribution in [3.63, 3.8) is 0 Å². The highest BCUT2D eigenvalue weighted by atomic mass is 16.3. The number of furan rings is 1. The van der Waals surface area contributed by atoms with E-state index in [2.05, 4.69) is 155 Å². The standard InChI is InChI=1S/C40H24N2O/c1-3-13-25(14-4-1)41-34-22-12-11-21-31(34)39-38(41)33-24-23-32-35-29-19-9-7-17-27(29)28-18-8-10-20-30(28)36(35)42(37(32)40(33)43-39)26-15-5-2-6-16-26/h1-24H. The zero-order valence-corrected chi connectivity index (χ0v) is 23.2. The third-order valence-electron chi connectivity index (χ3n) is 9.07. The second-order valence-corrected chi connectivity index (χ2v) is 11.3. The van der Waals surface area contributed by atoms with Crippen LogP contribution >= 0.6 is 0 Å². The molecular weight excluding hydrogens is 524 g/mol. The van der Waals surface area contributed by atoms with Gasteiger partial charge in [-0.05, 0) is 58.6 Å². The van der Waals surface area contributed by atoms with Gasteiger partial charge in [0.25, 0.3) is 0 Å². The van der Waals surface area contributed by atoms with Crippen LogP contribution < -0.4 is 0 Å². The van der Waals surface area contributed by atoms with Crippen LogP contribution in [0.1, 0.15) is 0 Å². The first kappa shape index (κ1) is 22.8. The van der Waals surface area contributed by atoms with Gasteiger partial charge in [0.05, 0.1) is 16.6 Å². The van der Waals surface area contributed by atoms with Gasteiger partial charge in [-0.15, -0.1) is 0 Å². The van der Waals surface area contributed by atoms with Crippen LogP contribution in [-0.4, -0.2) is 9.13 Å². The summed E-state index contributed by atoms with van der Waals surface area (Å²) in [6.07, 6.45) is 0. The molecule has 0 spiro atoms. The van der Waals surface area contributed by atoms with Gasteiger partial charge < -0.3 is 13.6 Å². The van der Waals surface area contributed by atoms with E-state index in [1.165, 1.54) is 37.8 Å². The van der Waals surface area contributed by atoms with E-state index < -0.39 is 0 Å². The Morgan fingerprint density at radius 1 is 0.326 bits per heavy atom. The maximum Gasteiger partial charge on any atom is 0.161 e. The fraction of sp³-hybridized carbons (Fsp3) is 0. The average Bonchev–Trinajstić information content (AvgIpc) is 3.73. The lowest BCUT2D eigenvalue weighted by Crippen LogP contribution is -1.95. The molecule has 0 aliphatic heterocycles. The van der Waals surface area contributed by atoms with Crippen LogP contribution in [0.4, 0.5) is 0 Å². The number of aromatic nitrogens is 2.